The van der Waals surface area contributed by atoms with E-state index < -0.39 is 0 Å². The van der Waals surface area contributed by atoms with Crippen LogP contribution in [0.1, 0.15) is 21.6 Å². The maximum absolute atomic E-state index is 12.4. The second-order valence-electron chi connectivity index (χ2n) is 6.02. The monoisotopic (exact) mass is 393 g/mol. The van der Waals surface area contributed by atoms with Gasteiger partial charge < -0.3 is 14.8 Å². The summed E-state index contributed by atoms with van der Waals surface area (Å²) in [6, 6.07) is 14.9. The van der Waals surface area contributed by atoms with Gasteiger partial charge in [0.25, 0.3) is 0 Å². The van der Waals surface area contributed by atoms with Crippen molar-refractivity contribution in [1.29, 1.82) is 5.26 Å². The standard InChI is InChI=1S/C21H19N3O3S/c1-26-17-8-7-16(19(11-17)27-2)10-20(25)24-21-23-13-18(28-21)9-14-3-5-15(12-22)6-4-14/h3-8,11,13H,9-10H2,1-2H3,(H,23,24,25). The number of nitrogens with zero attached hydrogens (tertiary/aromatic N) is 2. The van der Waals surface area contributed by atoms with Crippen molar-refractivity contribution in [3.63, 3.8) is 0 Å². The Labute approximate surface area is 167 Å². The third-order valence-corrected chi connectivity index (χ3v) is 5.02. The van der Waals surface area contributed by atoms with Gasteiger partial charge in [0.05, 0.1) is 32.3 Å². The van der Waals surface area contributed by atoms with Crippen LogP contribution >= 0.6 is 11.3 Å². The van der Waals surface area contributed by atoms with Crippen LogP contribution in [0.5, 0.6) is 11.5 Å². The van der Waals surface area contributed by atoms with E-state index in [1.165, 1.54) is 11.3 Å². The number of carbonyl (C=O) groups is 1. The molecule has 0 aliphatic carbocycles. The summed E-state index contributed by atoms with van der Waals surface area (Å²) in [6.07, 6.45) is 2.63. The lowest BCUT2D eigenvalue weighted by molar-refractivity contribution is -0.115. The van der Waals surface area contributed by atoms with Gasteiger partial charge >= 0.3 is 0 Å². The molecule has 0 saturated heterocycles. The van der Waals surface area contributed by atoms with Gasteiger partial charge in [-0.05, 0) is 23.8 Å². The highest BCUT2D eigenvalue weighted by Crippen LogP contribution is 2.26. The molecule has 0 spiro atoms. The van der Waals surface area contributed by atoms with Crippen molar-refractivity contribution in [2.24, 2.45) is 0 Å². The molecular formula is C21H19N3O3S. The number of hydrogen-bond donors (Lipinski definition) is 1. The molecule has 0 unspecified atom stereocenters. The molecule has 3 aromatic rings. The first-order valence-corrected chi connectivity index (χ1v) is 9.37. The molecule has 1 N–H and O–H groups in total. The quantitative estimate of drug-likeness (QED) is 0.660. The summed E-state index contributed by atoms with van der Waals surface area (Å²) in [5.74, 6) is 1.12. The second kappa shape index (κ2) is 9.02. The molecular weight excluding hydrogens is 374 g/mol. The highest BCUT2D eigenvalue weighted by Gasteiger charge is 2.12. The van der Waals surface area contributed by atoms with Gasteiger partial charge in [0.2, 0.25) is 5.91 Å². The molecule has 1 heterocycles. The summed E-state index contributed by atoms with van der Waals surface area (Å²) in [4.78, 5) is 17.7. The molecule has 2 aromatic carbocycles. The normalized spacial score (nSPS) is 10.2. The Kier molecular flexibility index (Phi) is 6.25. The Morgan fingerprint density at radius 2 is 1.96 bits per heavy atom. The van der Waals surface area contributed by atoms with Crippen molar-refractivity contribution in [3.8, 4) is 17.6 Å². The average molecular weight is 393 g/mol. The number of amides is 1. The zero-order valence-corrected chi connectivity index (χ0v) is 16.4. The van der Waals surface area contributed by atoms with E-state index in [-0.39, 0.29) is 12.3 Å². The minimum absolute atomic E-state index is 0.164. The van der Waals surface area contributed by atoms with Crippen LogP contribution in [0.25, 0.3) is 0 Å². The van der Waals surface area contributed by atoms with E-state index in [0.717, 1.165) is 16.0 Å². The van der Waals surface area contributed by atoms with Gasteiger partial charge in [-0.15, -0.1) is 11.3 Å². The second-order valence-corrected chi connectivity index (χ2v) is 7.14. The summed E-state index contributed by atoms with van der Waals surface area (Å²) in [6.45, 7) is 0. The van der Waals surface area contributed by atoms with E-state index in [2.05, 4.69) is 16.4 Å². The molecule has 6 nitrogen and oxygen atoms in total. The van der Waals surface area contributed by atoms with E-state index in [9.17, 15) is 4.79 Å². The fourth-order valence-electron chi connectivity index (χ4n) is 2.68. The van der Waals surface area contributed by atoms with E-state index in [4.69, 9.17) is 14.7 Å². The van der Waals surface area contributed by atoms with E-state index in [0.29, 0.717) is 28.6 Å². The molecule has 0 aliphatic heterocycles. The topological polar surface area (TPSA) is 84.2 Å². The molecule has 1 aromatic heterocycles. The molecule has 28 heavy (non-hydrogen) atoms. The Hall–Kier alpha value is -3.37. The van der Waals surface area contributed by atoms with Gasteiger partial charge in [-0.3, -0.25) is 4.79 Å². The highest BCUT2D eigenvalue weighted by atomic mass is 32.1. The minimum Gasteiger partial charge on any atom is -0.497 e. The molecule has 0 radical (unpaired) electrons. The molecule has 0 saturated carbocycles. The molecule has 0 bridgehead atoms. The van der Waals surface area contributed by atoms with Crippen molar-refractivity contribution in [2.75, 3.05) is 19.5 Å². The lowest BCUT2D eigenvalue weighted by Gasteiger charge is -2.10. The number of thiazole rings is 1. The van der Waals surface area contributed by atoms with Gasteiger partial charge in [-0.25, -0.2) is 4.98 Å². The van der Waals surface area contributed by atoms with Crippen molar-refractivity contribution in [3.05, 3.63) is 70.2 Å². The maximum Gasteiger partial charge on any atom is 0.230 e. The predicted octanol–water partition coefficient (Wildman–Crippen LogP) is 3.80. The zero-order chi connectivity index (χ0) is 19.9. The number of hydrogen-bond acceptors (Lipinski definition) is 6. The molecule has 0 fully saturated rings. The van der Waals surface area contributed by atoms with Crippen LogP contribution in [0.3, 0.4) is 0 Å². The van der Waals surface area contributed by atoms with Crippen LogP contribution in [-0.4, -0.2) is 25.1 Å². The number of aromatic nitrogens is 1. The fraction of sp³-hybridized carbons (Fsp3) is 0.190. The Balaban J connectivity index is 1.61. The van der Waals surface area contributed by atoms with Crippen LogP contribution < -0.4 is 14.8 Å². The van der Waals surface area contributed by atoms with E-state index in [1.54, 1.807) is 44.7 Å². The first-order chi connectivity index (χ1) is 13.6. The molecule has 0 atom stereocenters. The van der Waals surface area contributed by atoms with Crippen LogP contribution in [0.4, 0.5) is 5.13 Å². The number of benzene rings is 2. The summed E-state index contributed by atoms with van der Waals surface area (Å²) in [7, 11) is 3.14. The number of nitriles is 1. The Morgan fingerprint density at radius 1 is 1.18 bits per heavy atom. The van der Waals surface area contributed by atoms with Crippen molar-refractivity contribution in [1.82, 2.24) is 4.98 Å². The smallest absolute Gasteiger partial charge is 0.230 e. The third kappa shape index (κ3) is 4.87. The van der Waals surface area contributed by atoms with Crippen LogP contribution in [-0.2, 0) is 17.6 Å². The van der Waals surface area contributed by atoms with Gasteiger partial charge in [0, 0.05) is 29.1 Å². The van der Waals surface area contributed by atoms with Gasteiger partial charge in [-0.1, -0.05) is 18.2 Å². The van der Waals surface area contributed by atoms with Gasteiger partial charge in [-0.2, -0.15) is 5.26 Å². The Bertz CT molecular complexity index is 1010. The first kappa shape index (κ1) is 19.4. The number of carbonyl (C=O) groups excluding carboxylic acids is 1. The predicted molar refractivity (Wildman–Crippen MR) is 108 cm³/mol. The largest absolute Gasteiger partial charge is 0.497 e. The number of ether oxygens (including phenoxy) is 2. The Morgan fingerprint density at radius 3 is 2.64 bits per heavy atom. The number of methoxy groups -OCH3 is 2. The van der Waals surface area contributed by atoms with Crippen LogP contribution in [0, 0.1) is 11.3 Å². The summed E-state index contributed by atoms with van der Waals surface area (Å²) in [5.41, 5.74) is 2.49. The fourth-order valence-corrected chi connectivity index (χ4v) is 3.54. The van der Waals surface area contributed by atoms with Crippen molar-refractivity contribution >= 4 is 22.4 Å². The van der Waals surface area contributed by atoms with Crippen LogP contribution in [0.2, 0.25) is 0 Å². The summed E-state index contributed by atoms with van der Waals surface area (Å²) < 4.78 is 10.5. The summed E-state index contributed by atoms with van der Waals surface area (Å²) >= 11 is 1.43. The third-order valence-electron chi connectivity index (χ3n) is 4.11. The summed E-state index contributed by atoms with van der Waals surface area (Å²) in [5, 5.41) is 12.2. The number of rotatable bonds is 7. The minimum atomic E-state index is -0.164. The average Bonchev–Trinajstić information content (AvgIpc) is 3.15. The SMILES string of the molecule is COc1ccc(CC(=O)Nc2ncc(Cc3ccc(C#N)cc3)s2)c(OC)c1. The lowest BCUT2D eigenvalue weighted by atomic mass is 10.1. The lowest BCUT2D eigenvalue weighted by Crippen LogP contribution is -2.14. The molecule has 0 aliphatic rings. The molecule has 142 valence electrons. The molecule has 3 rings (SSSR count). The van der Waals surface area contributed by atoms with E-state index >= 15 is 0 Å². The van der Waals surface area contributed by atoms with Gasteiger partial charge in [0.1, 0.15) is 11.5 Å². The van der Waals surface area contributed by atoms with Crippen molar-refractivity contribution < 1.29 is 14.3 Å². The van der Waals surface area contributed by atoms with Crippen LogP contribution in [0.15, 0.2) is 48.7 Å². The van der Waals surface area contributed by atoms with Crippen molar-refractivity contribution in [2.45, 2.75) is 12.8 Å². The zero-order valence-electron chi connectivity index (χ0n) is 15.6. The number of anilines is 1. The molecule has 1 amide bonds. The van der Waals surface area contributed by atoms with E-state index in [1.807, 2.05) is 18.2 Å². The highest BCUT2D eigenvalue weighted by molar-refractivity contribution is 7.15. The molecule has 7 heteroatoms. The van der Waals surface area contributed by atoms with Gasteiger partial charge in [0.15, 0.2) is 5.13 Å². The number of nitrogens with one attached hydrogen (secondary N) is 1. The maximum atomic E-state index is 12.4. The first-order valence-electron chi connectivity index (χ1n) is 8.55.